The summed E-state index contributed by atoms with van der Waals surface area (Å²) < 4.78 is 36.7. The molecule has 0 saturated carbocycles. The smallest absolute Gasteiger partial charge is 0.357 e. The van der Waals surface area contributed by atoms with Crippen molar-refractivity contribution >= 4 is 41.5 Å². The molecule has 0 aliphatic heterocycles. The fourth-order valence-electron chi connectivity index (χ4n) is 1.90. The van der Waals surface area contributed by atoms with Crippen molar-refractivity contribution in [3.05, 3.63) is 34.9 Å². The molecule has 1 aromatic carbocycles. The lowest BCUT2D eigenvalue weighted by atomic mass is 10.2. The predicted octanol–water partition coefficient (Wildman–Crippen LogP) is 3.51. The summed E-state index contributed by atoms with van der Waals surface area (Å²) >= 11 is 5.92. The fourth-order valence-corrected chi connectivity index (χ4v) is 2.11. The average Bonchev–Trinajstić information content (AvgIpc) is 2.43. The number of nitrogens with one attached hydrogen (secondary N) is 2. The quantitative estimate of drug-likeness (QED) is 0.358. The van der Waals surface area contributed by atoms with Gasteiger partial charge in [-0.2, -0.15) is 13.2 Å². The number of aliphatic imine (C=N–C) groups is 1. The van der Waals surface area contributed by atoms with Gasteiger partial charge in [-0.15, -0.1) is 24.0 Å². The molecule has 0 bridgehead atoms. The first-order valence-corrected chi connectivity index (χ1v) is 7.70. The SMILES string of the molecule is CCNC(=NCc1cccc(Cl)c1)NCCN(C)CC(F)(F)F.I. The summed E-state index contributed by atoms with van der Waals surface area (Å²) in [6.45, 7) is 2.74. The summed E-state index contributed by atoms with van der Waals surface area (Å²) in [7, 11) is 1.44. The number of halogens is 5. The first-order valence-electron chi connectivity index (χ1n) is 7.32. The summed E-state index contributed by atoms with van der Waals surface area (Å²) in [6, 6.07) is 7.37. The predicted molar refractivity (Wildman–Crippen MR) is 103 cm³/mol. The number of hydrogen-bond donors (Lipinski definition) is 2. The average molecular weight is 479 g/mol. The van der Waals surface area contributed by atoms with Crippen molar-refractivity contribution in [3.63, 3.8) is 0 Å². The highest BCUT2D eigenvalue weighted by Gasteiger charge is 2.28. The second-order valence-electron chi connectivity index (χ2n) is 5.10. The van der Waals surface area contributed by atoms with Gasteiger partial charge in [0.1, 0.15) is 0 Å². The molecule has 0 aliphatic rings. The maximum absolute atomic E-state index is 12.2. The van der Waals surface area contributed by atoms with Gasteiger partial charge < -0.3 is 10.6 Å². The molecule has 0 saturated heterocycles. The van der Waals surface area contributed by atoms with E-state index in [1.165, 1.54) is 11.9 Å². The molecule has 1 aromatic rings. The molecule has 0 heterocycles. The Bertz CT molecular complexity index is 512. The number of likely N-dealkylation sites (N-methyl/N-ethyl adjacent to an activating group) is 1. The molecular formula is C15H23ClF3IN4. The van der Waals surface area contributed by atoms with Crippen LogP contribution in [0.25, 0.3) is 0 Å². The summed E-state index contributed by atoms with van der Waals surface area (Å²) in [4.78, 5) is 5.61. The Kier molecular flexibility index (Phi) is 11.4. The van der Waals surface area contributed by atoms with Crippen molar-refractivity contribution in [1.82, 2.24) is 15.5 Å². The molecule has 9 heteroatoms. The summed E-state index contributed by atoms with van der Waals surface area (Å²) in [5.41, 5.74) is 0.962. The standard InChI is InChI=1S/C15H22ClF3N4.HI/c1-3-20-14(21-7-8-23(2)11-15(17,18)19)22-10-12-5-4-6-13(16)9-12;/h4-6,9H,3,7-8,10-11H2,1-2H3,(H2,20,21,22);1H. The van der Waals surface area contributed by atoms with Crippen LogP contribution in [0.3, 0.4) is 0 Å². The normalized spacial score (nSPS) is 12.0. The topological polar surface area (TPSA) is 39.7 Å². The molecule has 0 spiro atoms. The number of rotatable bonds is 7. The lowest BCUT2D eigenvalue weighted by Gasteiger charge is -2.19. The van der Waals surface area contributed by atoms with Crippen LogP contribution in [0.4, 0.5) is 13.2 Å². The molecule has 0 aromatic heterocycles. The highest BCUT2D eigenvalue weighted by Crippen LogP contribution is 2.15. The monoisotopic (exact) mass is 478 g/mol. The largest absolute Gasteiger partial charge is 0.401 e. The van der Waals surface area contributed by atoms with Crippen LogP contribution in [0.15, 0.2) is 29.3 Å². The van der Waals surface area contributed by atoms with E-state index in [1.807, 2.05) is 25.1 Å². The molecule has 0 radical (unpaired) electrons. The maximum Gasteiger partial charge on any atom is 0.401 e. The zero-order valence-electron chi connectivity index (χ0n) is 13.7. The summed E-state index contributed by atoms with van der Waals surface area (Å²) in [5, 5.41) is 6.72. The minimum absolute atomic E-state index is 0. The van der Waals surface area contributed by atoms with Crippen molar-refractivity contribution in [3.8, 4) is 0 Å². The van der Waals surface area contributed by atoms with Gasteiger partial charge in [0, 0.05) is 24.7 Å². The Morgan fingerprint density at radius 2 is 2.00 bits per heavy atom. The molecule has 0 amide bonds. The third-order valence-electron chi connectivity index (χ3n) is 2.89. The fraction of sp³-hybridized carbons (Fsp3) is 0.533. The number of alkyl halides is 3. The molecule has 0 fully saturated rings. The molecule has 24 heavy (non-hydrogen) atoms. The van der Waals surface area contributed by atoms with Crippen molar-refractivity contribution in [1.29, 1.82) is 0 Å². The lowest BCUT2D eigenvalue weighted by molar-refractivity contribution is -0.142. The minimum Gasteiger partial charge on any atom is -0.357 e. The van der Waals surface area contributed by atoms with Crippen LogP contribution >= 0.6 is 35.6 Å². The number of hydrogen-bond acceptors (Lipinski definition) is 2. The van der Waals surface area contributed by atoms with Gasteiger partial charge in [0.15, 0.2) is 5.96 Å². The first-order chi connectivity index (χ1) is 10.8. The van der Waals surface area contributed by atoms with Crippen molar-refractivity contribution in [2.45, 2.75) is 19.6 Å². The lowest BCUT2D eigenvalue weighted by Crippen LogP contribution is -2.42. The van der Waals surface area contributed by atoms with E-state index in [9.17, 15) is 13.2 Å². The molecule has 0 aliphatic carbocycles. The second-order valence-corrected chi connectivity index (χ2v) is 5.54. The minimum atomic E-state index is -4.18. The van der Waals surface area contributed by atoms with E-state index in [1.54, 1.807) is 6.07 Å². The van der Waals surface area contributed by atoms with Crippen molar-refractivity contribution in [2.75, 3.05) is 33.2 Å². The van der Waals surface area contributed by atoms with Gasteiger partial charge in [0.25, 0.3) is 0 Å². The summed E-state index contributed by atoms with van der Waals surface area (Å²) in [5.74, 6) is 0.563. The van der Waals surface area contributed by atoms with Crippen LogP contribution in [0, 0.1) is 0 Å². The van der Waals surface area contributed by atoms with Crippen LogP contribution in [0.5, 0.6) is 0 Å². The highest BCUT2D eigenvalue weighted by molar-refractivity contribution is 14.0. The Morgan fingerprint density at radius 1 is 1.29 bits per heavy atom. The van der Waals surface area contributed by atoms with E-state index in [0.717, 1.165) is 5.56 Å². The van der Waals surface area contributed by atoms with Crippen LogP contribution in [-0.4, -0.2) is 50.3 Å². The Balaban J connectivity index is 0.00000529. The van der Waals surface area contributed by atoms with Crippen molar-refractivity contribution < 1.29 is 13.2 Å². The van der Waals surface area contributed by atoms with E-state index in [2.05, 4.69) is 15.6 Å². The van der Waals surface area contributed by atoms with E-state index in [4.69, 9.17) is 11.6 Å². The van der Waals surface area contributed by atoms with Crippen LogP contribution in [0.1, 0.15) is 12.5 Å². The first kappa shape index (κ1) is 23.3. The molecule has 0 atom stereocenters. The van der Waals surface area contributed by atoms with Crippen LogP contribution < -0.4 is 10.6 Å². The van der Waals surface area contributed by atoms with Gasteiger partial charge in [0.05, 0.1) is 13.1 Å². The van der Waals surface area contributed by atoms with Crippen LogP contribution in [0.2, 0.25) is 5.02 Å². The molecule has 2 N–H and O–H groups in total. The third-order valence-corrected chi connectivity index (χ3v) is 3.12. The van der Waals surface area contributed by atoms with Gasteiger partial charge in [-0.05, 0) is 31.7 Å². The van der Waals surface area contributed by atoms with Gasteiger partial charge >= 0.3 is 6.18 Å². The van der Waals surface area contributed by atoms with Gasteiger partial charge in [-0.3, -0.25) is 4.90 Å². The van der Waals surface area contributed by atoms with E-state index in [0.29, 0.717) is 30.6 Å². The van der Waals surface area contributed by atoms with Gasteiger partial charge in [0.2, 0.25) is 0 Å². The summed E-state index contributed by atoms with van der Waals surface area (Å²) in [6.07, 6.45) is -4.18. The molecular weight excluding hydrogens is 456 g/mol. The molecule has 1 rings (SSSR count). The second kappa shape index (κ2) is 11.8. The highest BCUT2D eigenvalue weighted by atomic mass is 127. The molecule has 138 valence electrons. The van der Waals surface area contributed by atoms with E-state index < -0.39 is 12.7 Å². The Labute approximate surface area is 162 Å². The number of benzene rings is 1. The van der Waals surface area contributed by atoms with Crippen molar-refractivity contribution in [2.24, 2.45) is 4.99 Å². The zero-order valence-corrected chi connectivity index (χ0v) is 16.7. The third kappa shape index (κ3) is 10.9. The number of guanidine groups is 1. The number of nitrogens with zero attached hydrogens (tertiary/aromatic N) is 2. The van der Waals surface area contributed by atoms with E-state index in [-0.39, 0.29) is 30.5 Å². The maximum atomic E-state index is 12.2. The Hall–Kier alpha value is -0.740. The zero-order chi connectivity index (χ0) is 17.3. The van der Waals surface area contributed by atoms with E-state index >= 15 is 0 Å². The van der Waals surface area contributed by atoms with Crippen LogP contribution in [-0.2, 0) is 6.54 Å². The molecule has 4 nitrogen and oxygen atoms in total. The molecule has 0 unspecified atom stereocenters. The van der Waals surface area contributed by atoms with Gasteiger partial charge in [-0.25, -0.2) is 4.99 Å². The van der Waals surface area contributed by atoms with Gasteiger partial charge in [-0.1, -0.05) is 23.7 Å². The Morgan fingerprint density at radius 3 is 2.58 bits per heavy atom.